The lowest BCUT2D eigenvalue weighted by Gasteiger charge is -2.22. The van der Waals surface area contributed by atoms with E-state index in [9.17, 15) is 27.5 Å². The summed E-state index contributed by atoms with van der Waals surface area (Å²) in [6.45, 7) is 4.52. The molecule has 0 radical (unpaired) electrons. The number of carbonyl (C=O) groups excluding carboxylic acids is 2. The number of amides is 1. The van der Waals surface area contributed by atoms with Crippen LogP contribution in [0.5, 0.6) is 0 Å². The number of halogens is 1. The van der Waals surface area contributed by atoms with Gasteiger partial charge >= 0.3 is 5.97 Å². The molecule has 0 fully saturated rings. The van der Waals surface area contributed by atoms with Crippen molar-refractivity contribution >= 4 is 21.9 Å². The standard InChI is InChI=1S/C15H21FN2O6S/c1-4-17-14(20)10(3)24-15(21)13(9(2)19)18-25(22,23)12-7-5-11(16)6-8-12/h5-10,13,18-19H,4H2,1-3H3,(H,17,20)/t9-,10-,13-/m1/s1. The maximum Gasteiger partial charge on any atom is 0.327 e. The molecule has 140 valence electrons. The van der Waals surface area contributed by atoms with Gasteiger partial charge in [-0.1, -0.05) is 0 Å². The van der Waals surface area contributed by atoms with Gasteiger partial charge in [0.15, 0.2) is 6.10 Å². The Morgan fingerprint density at radius 3 is 2.28 bits per heavy atom. The first-order valence-electron chi connectivity index (χ1n) is 7.52. The molecule has 25 heavy (non-hydrogen) atoms. The highest BCUT2D eigenvalue weighted by Crippen LogP contribution is 2.12. The number of nitrogens with one attached hydrogen (secondary N) is 2. The highest BCUT2D eigenvalue weighted by molar-refractivity contribution is 7.89. The van der Waals surface area contributed by atoms with E-state index in [1.165, 1.54) is 13.8 Å². The van der Waals surface area contributed by atoms with Gasteiger partial charge in [0.25, 0.3) is 5.91 Å². The highest BCUT2D eigenvalue weighted by atomic mass is 32.2. The van der Waals surface area contributed by atoms with Crippen molar-refractivity contribution in [3.05, 3.63) is 30.1 Å². The molecule has 0 aliphatic heterocycles. The molecule has 0 saturated heterocycles. The molecule has 0 heterocycles. The van der Waals surface area contributed by atoms with Gasteiger partial charge in [0.05, 0.1) is 11.0 Å². The first-order valence-corrected chi connectivity index (χ1v) is 9.01. The Hall–Kier alpha value is -2.04. The molecule has 0 spiro atoms. The van der Waals surface area contributed by atoms with E-state index in [1.807, 2.05) is 4.72 Å². The summed E-state index contributed by atoms with van der Waals surface area (Å²) in [5.74, 6) is -2.29. The van der Waals surface area contributed by atoms with E-state index >= 15 is 0 Å². The summed E-state index contributed by atoms with van der Waals surface area (Å²) < 4.78 is 44.3. The van der Waals surface area contributed by atoms with Crippen LogP contribution < -0.4 is 10.0 Å². The molecule has 1 aromatic carbocycles. The zero-order chi connectivity index (χ0) is 19.2. The largest absolute Gasteiger partial charge is 0.451 e. The molecule has 10 heteroatoms. The lowest BCUT2D eigenvalue weighted by Crippen LogP contribution is -2.50. The Labute approximate surface area is 145 Å². The number of likely N-dealkylation sites (N-methyl/N-ethyl adjacent to an activating group) is 1. The second-order valence-corrected chi connectivity index (χ2v) is 6.98. The molecular formula is C15H21FN2O6S. The molecule has 0 saturated carbocycles. The number of aliphatic hydroxyl groups is 1. The molecule has 8 nitrogen and oxygen atoms in total. The van der Waals surface area contributed by atoms with Gasteiger partial charge in [-0.15, -0.1) is 0 Å². The SMILES string of the molecule is CCNC(=O)[C@@H](C)OC(=O)[C@H](NS(=O)(=O)c1ccc(F)cc1)[C@@H](C)O. The predicted octanol–water partition coefficient (Wildman–Crippen LogP) is -0.0788. The number of sulfonamides is 1. The van der Waals surface area contributed by atoms with Crippen molar-refractivity contribution in [3.63, 3.8) is 0 Å². The number of rotatable bonds is 8. The van der Waals surface area contributed by atoms with Gasteiger partial charge in [0, 0.05) is 6.54 Å². The van der Waals surface area contributed by atoms with E-state index in [-0.39, 0.29) is 4.90 Å². The first-order chi connectivity index (χ1) is 11.6. The van der Waals surface area contributed by atoms with E-state index in [1.54, 1.807) is 6.92 Å². The molecule has 1 rings (SSSR count). The molecule has 3 N–H and O–H groups in total. The van der Waals surface area contributed by atoms with Crippen molar-refractivity contribution in [1.82, 2.24) is 10.0 Å². The van der Waals surface area contributed by atoms with Crippen molar-refractivity contribution in [1.29, 1.82) is 0 Å². The van der Waals surface area contributed by atoms with Crippen LogP contribution in [-0.2, 0) is 24.3 Å². The van der Waals surface area contributed by atoms with Crippen LogP contribution in [0.1, 0.15) is 20.8 Å². The summed E-state index contributed by atoms with van der Waals surface area (Å²) in [4.78, 5) is 23.4. The van der Waals surface area contributed by atoms with E-state index < -0.39 is 46.0 Å². The summed E-state index contributed by atoms with van der Waals surface area (Å²) in [5, 5.41) is 12.1. The van der Waals surface area contributed by atoms with E-state index in [2.05, 4.69) is 5.32 Å². The van der Waals surface area contributed by atoms with Crippen LogP contribution in [0.4, 0.5) is 4.39 Å². The maximum absolute atomic E-state index is 12.9. The van der Waals surface area contributed by atoms with Crippen LogP contribution in [0, 0.1) is 5.82 Å². The topological polar surface area (TPSA) is 122 Å². The smallest absolute Gasteiger partial charge is 0.327 e. The zero-order valence-corrected chi connectivity index (χ0v) is 14.8. The summed E-state index contributed by atoms with van der Waals surface area (Å²) in [7, 11) is -4.21. The predicted molar refractivity (Wildman–Crippen MR) is 86.4 cm³/mol. The third-order valence-corrected chi connectivity index (χ3v) is 4.61. The van der Waals surface area contributed by atoms with Crippen LogP contribution in [-0.4, -0.2) is 50.2 Å². The zero-order valence-electron chi connectivity index (χ0n) is 14.0. The Kier molecular flexibility index (Phi) is 7.46. The Morgan fingerprint density at radius 2 is 1.80 bits per heavy atom. The van der Waals surface area contributed by atoms with Gasteiger partial charge in [-0.25, -0.2) is 12.8 Å². The molecule has 1 aromatic rings. The maximum atomic E-state index is 12.9. The molecule has 0 aromatic heterocycles. The van der Waals surface area contributed by atoms with Crippen LogP contribution in [0.25, 0.3) is 0 Å². The summed E-state index contributed by atoms with van der Waals surface area (Å²) in [5.41, 5.74) is 0. The van der Waals surface area contributed by atoms with Gasteiger partial charge in [-0.2, -0.15) is 4.72 Å². The number of hydrogen-bond acceptors (Lipinski definition) is 6. The van der Waals surface area contributed by atoms with Crippen molar-refractivity contribution in [2.24, 2.45) is 0 Å². The second kappa shape index (κ2) is 8.88. The number of ether oxygens (including phenoxy) is 1. The molecule has 1 amide bonds. The minimum Gasteiger partial charge on any atom is -0.451 e. The van der Waals surface area contributed by atoms with Crippen LogP contribution in [0.15, 0.2) is 29.2 Å². The third-order valence-electron chi connectivity index (χ3n) is 3.16. The van der Waals surface area contributed by atoms with E-state index in [4.69, 9.17) is 4.74 Å². The normalized spacial score (nSPS) is 15.1. The molecular weight excluding hydrogens is 355 g/mol. The highest BCUT2D eigenvalue weighted by Gasteiger charge is 2.32. The first kappa shape index (κ1) is 21.0. The number of hydrogen-bond donors (Lipinski definition) is 3. The molecule has 0 aliphatic rings. The van der Waals surface area contributed by atoms with Gasteiger partial charge in [-0.3, -0.25) is 9.59 Å². The molecule has 0 unspecified atom stereocenters. The van der Waals surface area contributed by atoms with Crippen molar-refractivity contribution < 1.29 is 32.2 Å². The second-order valence-electron chi connectivity index (χ2n) is 5.27. The summed E-state index contributed by atoms with van der Waals surface area (Å²) in [6, 6.07) is 2.29. The quantitative estimate of drug-likeness (QED) is 0.546. The summed E-state index contributed by atoms with van der Waals surface area (Å²) >= 11 is 0. The summed E-state index contributed by atoms with van der Waals surface area (Å²) in [6.07, 6.45) is -2.59. The van der Waals surface area contributed by atoms with Gasteiger partial charge < -0.3 is 15.2 Å². The lowest BCUT2D eigenvalue weighted by atomic mass is 10.2. The van der Waals surface area contributed by atoms with Crippen molar-refractivity contribution in [2.75, 3.05) is 6.54 Å². The Balaban J connectivity index is 2.91. The van der Waals surface area contributed by atoms with Crippen molar-refractivity contribution in [3.8, 4) is 0 Å². The van der Waals surface area contributed by atoms with Crippen molar-refractivity contribution in [2.45, 2.75) is 43.9 Å². The minimum absolute atomic E-state index is 0.288. The molecule has 0 bridgehead atoms. The third kappa shape index (κ3) is 6.07. The fourth-order valence-electron chi connectivity index (χ4n) is 1.81. The Morgan fingerprint density at radius 1 is 1.24 bits per heavy atom. The molecule has 3 atom stereocenters. The Bertz CT molecular complexity index is 705. The number of esters is 1. The average Bonchev–Trinajstić information content (AvgIpc) is 2.52. The minimum atomic E-state index is -4.21. The monoisotopic (exact) mass is 376 g/mol. The van der Waals surface area contributed by atoms with Gasteiger partial charge in [0.2, 0.25) is 10.0 Å². The van der Waals surface area contributed by atoms with Gasteiger partial charge in [0.1, 0.15) is 11.9 Å². The van der Waals surface area contributed by atoms with Crippen LogP contribution in [0.3, 0.4) is 0 Å². The van der Waals surface area contributed by atoms with Gasteiger partial charge in [-0.05, 0) is 45.0 Å². The lowest BCUT2D eigenvalue weighted by molar-refractivity contribution is -0.158. The number of benzene rings is 1. The van der Waals surface area contributed by atoms with E-state index in [0.717, 1.165) is 24.3 Å². The van der Waals surface area contributed by atoms with Crippen LogP contribution in [0.2, 0.25) is 0 Å². The average molecular weight is 376 g/mol. The van der Waals surface area contributed by atoms with Crippen LogP contribution >= 0.6 is 0 Å². The molecule has 0 aliphatic carbocycles. The fourth-order valence-corrected chi connectivity index (χ4v) is 3.07. The fraction of sp³-hybridized carbons (Fsp3) is 0.467. The number of carbonyl (C=O) groups is 2. The van der Waals surface area contributed by atoms with E-state index in [0.29, 0.717) is 6.54 Å². The number of aliphatic hydroxyl groups excluding tert-OH is 1.